The van der Waals surface area contributed by atoms with Gasteiger partial charge in [0.05, 0.1) is 7.11 Å². The molecule has 4 nitrogen and oxygen atoms in total. The van der Waals surface area contributed by atoms with Gasteiger partial charge < -0.3 is 15.2 Å². The molecule has 0 aliphatic rings. The van der Waals surface area contributed by atoms with E-state index in [0.717, 1.165) is 50.5 Å². The van der Waals surface area contributed by atoms with Crippen LogP contribution in [0.15, 0.2) is 24.3 Å². The number of hydrogen-bond acceptors (Lipinski definition) is 4. The molecule has 19 heavy (non-hydrogen) atoms. The lowest BCUT2D eigenvalue weighted by atomic mass is 10.3. The topological polar surface area (TPSA) is 47.7 Å². The fraction of sp³-hybridized carbons (Fsp3) is 0.600. The minimum absolute atomic E-state index is 0.705. The summed E-state index contributed by atoms with van der Waals surface area (Å²) in [5.74, 6) is 1.74. The van der Waals surface area contributed by atoms with Gasteiger partial charge in [-0.3, -0.25) is 4.90 Å². The fourth-order valence-corrected chi connectivity index (χ4v) is 1.93. The van der Waals surface area contributed by atoms with E-state index < -0.39 is 0 Å². The maximum absolute atomic E-state index is 5.73. The van der Waals surface area contributed by atoms with Crippen molar-refractivity contribution in [2.75, 3.05) is 39.9 Å². The third kappa shape index (κ3) is 6.45. The van der Waals surface area contributed by atoms with Crippen molar-refractivity contribution in [3.8, 4) is 11.5 Å². The second kappa shape index (κ2) is 9.64. The molecule has 2 N–H and O–H groups in total. The van der Waals surface area contributed by atoms with Gasteiger partial charge in [0.25, 0.3) is 0 Å². The van der Waals surface area contributed by atoms with Crippen molar-refractivity contribution in [1.82, 2.24) is 4.90 Å². The summed E-state index contributed by atoms with van der Waals surface area (Å²) in [5, 5.41) is 0. The van der Waals surface area contributed by atoms with Crippen LogP contribution in [0, 0.1) is 0 Å². The van der Waals surface area contributed by atoms with E-state index in [2.05, 4.69) is 11.8 Å². The normalized spacial score (nSPS) is 10.7. The first-order valence-corrected chi connectivity index (χ1v) is 6.99. The van der Waals surface area contributed by atoms with Gasteiger partial charge in [-0.2, -0.15) is 0 Å². The molecule has 0 aliphatic heterocycles. The van der Waals surface area contributed by atoms with Crippen LogP contribution in [-0.2, 0) is 0 Å². The number of ether oxygens (including phenoxy) is 2. The van der Waals surface area contributed by atoms with E-state index in [1.807, 2.05) is 24.3 Å². The number of rotatable bonds is 10. The zero-order chi connectivity index (χ0) is 13.9. The van der Waals surface area contributed by atoms with E-state index in [1.165, 1.54) is 0 Å². The SMILES string of the molecule is CCCN(CCCN)CCOc1ccc(OC)cc1. The number of nitrogens with two attached hydrogens (primary N) is 1. The van der Waals surface area contributed by atoms with Crippen LogP contribution in [0.3, 0.4) is 0 Å². The summed E-state index contributed by atoms with van der Waals surface area (Å²) in [6, 6.07) is 7.69. The highest BCUT2D eigenvalue weighted by atomic mass is 16.5. The molecule has 0 heterocycles. The predicted molar refractivity (Wildman–Crippen MR) is 78.9 cm³/mol. The lowest BCUT2D eigenvalue weighted by Gasteiger charge is -2.21. The van der Waals surface area contributed by atoms with E-state index in [0.29, 0.717) is 6.61 Å². The van der Waals surface area contributed by atoms with Crippen LogP contribution in [0.1, 0.15) is 19.8 Å². The number of hydrogen-bond donors (Lipinski definition) is 1. The quantitative estimate of drug-likeness (QED) is 0.705. The molecule has 0 unspecified atom stereocenters. The molecule has 0 fully saturated rings. The minimum atomic E-state index is 0.705. The van der Waals surface area contributed by atoms with Gasteiger partial charge in [0.15, 0.2) is 0 Å². The fourth-order valence-electron chi connectivity index (χ4n) is 1.93. The highest BCUT2D eigenvalue weighted by Gasteiger charge is 2.03. The Morgan fingerprint density at radius 2 is 1.74 bits per heavy atom. The first-order valence-electron chi connectivity index (χ1n) is 6.99. The van der Waals surface area contributed by atoms with Gasteiger partial charge in [-0.25, -0.2) is 0 Å². The smallest absolute Gasteiger partial charge is 0.119 e. The zero-order valence-corrected chi connectivity index (χ0v) is 12.1. The van der Waals surface area contributed by atoms with Crippen molar-refractivity contribution in [3.63, 3.8) is 0 Å². The second-order valence-corrected chi connectivity index (χ2v) is 4.51. The Morgan fingerprint density at radius 3 is 2.32 bits per heavy atom. The predicted octanol–water partition coefficient (Wildman–Crippen LogP) is 2.13. The zero-order valence-electron chi connectivity index (χ0n) is 12.1. The third-order valence-corrected chi connectivity index (χ3v) is 2.95. The molecule has 0 radical (unpaired) electrons. The van der Waals surface area contributed by atoms with Crippen LogP contribution in [-0.4, -0.2) is 44.8 Å². The van der Waals surface area contributed by atoms with Gasteiger partial charge in [0, 0.05) is 6.54 Å². The largest absolute Gasteiger partial charge is 0.497 e. The third-order valence-electron chi connectivity index (χ3n) is 2.95. The summed E-state index contributed by atoms with van der Waals surface area (Å²) in [4.78, 5) is 2.40. The molecule has 0 bridgehead atoms. The van der Waals surface area contributed by atoms with Gasteiger partial charge in [-0.1, -0.05) is 6.92 Å². The Balaban J connectivity index is 2.29. The lowest BCUT2D eigenvalue weighted by Crippen LogP contribution is -2.31. The van der Waals surface area contributed by atoms with Crippen molar-refractivity contribution in [2.24, 2.45) is 5.73 Å². The summed E-state index contributed by atoms with van der Waals surface area (Å²) in [6.45, 7) is 6.75. The molecule has 4 heteroatoms. The molecule has 0 saturated heterocycles. The lowest BCUT2D eigenvalue weighted by molar-refractivity contribution is 0.208. The summed E-state index contributed by atoms with van der Waals surface area (Å²) in [6.07, 6.45) is 2.20. The van der Waals surface area contributed by atoms with Gasteiger partial charge >= 0.3 is 0 Å². The summed E-state index contributed by atoms with van der Waals surface area (Å²) >= 11 is 0. The molecule has 108 valence electrons. The maximum Gasteiger partial charge on any atom is 0.119 e. The Hall–Kier alpha value is -1.26. The average molecular weight is 266 g/mol. The molecular weight excluding hydrogens is 240 g/mol. The van der Waals surface area contributed by atoms with Crippen molar-refractivity contribution in [3.05, 3.63) is 24.3 Å². The maximum atomic E-state index is 5.73. The van der Waals surface area contributed by atoms with Gasteiger partial charge in [-0.15, -0.1) is 0 Å². The summed E-state index contributed by atoms with van der Waals surface area (Å²) in [7, 11) is 1.66. The summed E-state index contributed by atoms with van der Waals surface area (Å²) in [5.41, 5.74) is 5.55. The van der Waals surface area contributed by atoms with Crippen molar-refractivity contribution >= 4 is 0 Å². The second-order valence-electron chi connectivity index (χ2n) is 4.51. The van der Waals surface area contributed by atoms with Crippen molar-refractivity contribution < 1.29 is 9.47 Å². The molecule has 0 spiro atoms. The molecule has 0 amide bonds. The van der Waals surface area contributed by atoms with Crippen LogP contribution in [0.4, 0.5) is 0 Å². The summed E-state index contributed by atoms with van der Waals surface area (Å²) < 4.78 is 10.8. The van der Waals surface area contributed by atoms with E-state index in [-0.39, 0.29) is 0 Å². The molecule has 0 aromatic heterocycles. The van der Waals surface area contributed by atoms with Crippen molar-refractivity contribution in [1.29, 1.82) is 0 Å². The molecule has 0 atom stereocenters. The number of nitrogens with zero attached hydrogens (tertiary/aromatic N) is 1. The molecule has 1 rings (SSSR count). The van der Waals surface area contributed by atoms with Crippen LogP contribution in [0.25, 0.3) is 0 Å². The highest BCUT2D eigenvalue weighted by molar-refractivity contribution is 5.31. The van der Waals surface area contributed by atoms with Crippen molar-refractivity contribution in [2.45, 2.75) is 19.8 Å². The Labute approximate surface area is 116 Å². The number of benzene rings is 1. The van der Waals surface area contributed by atoms with E-state index in [1.54, 1.807) is 7.11 Å². The molecule has 1 aromatic rings. The first kappa shape index (κ1) is 15.8. The Kier molecular flexibility index (Phi) is 8.02. The standard InChI is InChI=1S/C15H26N2O2/c1-3-10-17(11-4-9-16)12-13-19-15-7-5-14(18-2)6-8-15/h5-8H,3-4,9-13,16H2,1-2H3. The molecule has 0 aliphatic carbocycles. The van der Waals surface area contributed by atoms with E-state index in [9.17, 15) is 0 Å². The van der Waals surface area contributed by atoms with Gasteiger partial charge in [-0.05, 0) is 56.7 Å². The highest BCUT2D eigenvalue weighted by Crippen LogP contribution is 2.16. The van der Waals surface area contributed by atoms with Gasteiger partial charge in [0.2, 0.25) is 0 Å². The minimum Gasteiger partial charge on any atom is -0.497 e. The first-order chi connectivity index (χ1) is 9.30. The van der Waals surface area contributed by atoms with Crippen LogP contribution < -0.4 is 15.2 Å². The number of methoxy groups -OCH3 is 1. The molecule has 0 saturated carbocycles. The average Bonchev–Trinajstić information content (AvgIpc) is 2.45. The van der Waals surface area contributed by atoms with Crippen LogP contribution in [0.2, 0.25) is 0 Å². The molecular formula is C15H26N2O2. The monoisotopic (exact) mass is 266 g/mol. The van der Waals surface area contributed by atoms with Crippen LogP contribution >= 0.6 is 0 Å². The Morgan fingerprint density at radius 1 is 1.05 bits per heavy atom. The van der Waals surface area contributed by atoms with Gasteiger partial charge in [0.1, 0.15) is 18.1 Å². The van der Waals surface area contributed by atoms with E-state index >= 15 is 0 Å². The Bertz CT molecular complexity index is 327. The van der Waals surface area contributed by atoms with E-state index in [4.69, 9.17) is 15.2 Å². The van der Waals surface area contributed by atoms with Crippen LogP contribution in [0.5, 0.6) is 11.5 Å². The molecule has 1 aromatic carbocycles.